The fourth-order valence-corrected chi connectivity index (χ4v) is 1.48. The second-order valence-corrected chi connectivity index (χ2v) is 3.81. The molecule has 0 bridgehead atoms. The Balaban J connectivity index is 1.88. The van der Waals surface area contributed by atoms with Crippen LogP contribution in [-0.4, -0.2) is 5.91 Å². The highest BCUT2D eigenvalue weighted by molar-refractivity contribution is 5.94. The van der Waals surface area contributed by atoms with Crippen molar-refractivity contribution < 1.29 is 4.79 Å². The molecule has 92 valence electrons. The molecule has 2 aromatic carbocycles. The first-order valence-corrected chi connectivity index (χ1v) is 5.94. The van der Waals surface area contributed by atoms with E-state index in [1.807, 2.05) is 48.5 Å². The van der Waals surface area contributed by atoms with E-state index in [4.69, 9.17) is 0 Å². The van der Waals surface area contributed by atoms with E-state index in [1.54, 1.807) is 24.4 Å². The van der Waals surface area contributed by atoms with E-state index in [9.17, 15) is 4.79 Å². The molecule has 2 heteroatoms. The molecule has 0 fully saturated rings. The average molecular weight is 247 g/mol. The van der Waals surface area contributed by atoms with Crippen molar-refractivity contribution in [2.75, 3.05) is 0 Å². The van der Waals surface area contributed by atoms with Crippen molar-refractivity contribution in [2.24, 2.45) is 0 Å². The molecular formula is C17H13NO. The first kappa shape index (κ1) is 12.7. The molecular weight excluding hydrogens is 234 g/mol. The summed E-state index contributed by atoms with van der Waals surface area (Å²) in [6, 6.07) is 18.7. The molecule has 2 rings (SSSR count). The molecule has 1 N–H and O–H groups in total. The fraction of sp³-hybridized carbons (Fsp3) is 0. The quantitative estimate of drug-likeness (QED) is 0.812. The topological polar surface area (TPSA) is 29.1 Å². The average Bonchev–Trinajstić information content (AvgIpc) is 2.49. The number of rotatable bonds is 2. The van der Waals surface area contributed by atoms with Gasteiger partial charge in [0.2, 0.25) is 0 Å². The van der Waals surface area contributed by atoms with Crippen LogP contribution in [0.4, 0.5) is 0 Å². The zero-order valence-electron chi connectivity index (χ0n) is 10.3. The molecule has 0 aliphatic carbocycles. The molecule has 0 saturated carbocycles. The van der Waals surface area contributed by atoms with Gasteiger partial charge < -0.3 is 5.32 Å². The molecule has 19 heavy (non-hydrogen) atoms. The van der Waals surface area contributed by atoms with Gasteiger partial charge in [-0.15, -0.1) is 0 Å². The maximum atomic E-state index is 11.7. The van der Waals surface area contributed by atoms with Crippen molar-refractivity contribution in [3.63, 3.8) is 0 Å². The van der Waals surface area contributed by atoms with Crippen molar-refractivity contribution >= 4 is 5.91 Å². The van der Waals surface area contributed by atoms with Crippen LogP contribution in [0.2, 0.25) is 0 Å². The zero-order valence-corrected chi connectivity index (χ0v) is 10.3. The van der Waals surface area contributed by atoms with Crippen LogP contribution < -0.4 is 5.32 Å². The summed E-state index contributed by atoms with van der Waals surface area (Å²) in [6.45, 7) is 0. The Bertz CT molecular complexity index is 619. The van der Waals surface area contributed by atoms with Gasteiger partial charge in [-0.05, 0) is 24.3 Å². The van der Waals surface area contributed by atoms with Crippen LogP contribution in [0.25, 0.3) is 0 Å². The largest absolute Gasteiger partial charge is 0.328 e. The number of carbonyl (C=O) groups is 1. The highest BCUT2D eigenvalue weighted by Gasteiger charge is 1.99. The highest BCUT2D eigenvalue weighted by Crippen LogP contribution is 1.97. The van der Waals surface area contributed by atoms with Gasteiger partial charge in [0.05, 0.1) is 0 Å². The smallest absolute Gasteiger partial charge is 0.255 e. The van der Waals surface area contributed by atoms with Gasteiger partial charge in [-0.3, -0.25) is 4.79 Å². The summed E-state index contributed by atoms with van der Waals surface area (Å²) in [5, 5.41) is 2.66. The Kier molecular flexibility index (Phi) is 4.55. The summed E-state index contributed by atoms with van der Waals surface area (Å²) in [7, 11) is 0. The minimum Gasteiger partial charge on any atom is -0.328 e. The predicted octanol–water partition coefficient (Wildman–Crippen LogP) is 2.98. The standard InChI is InChI=1S/C17H13NO/c19-17(16-12-5-2-6-13-16)18-14-8-7-11-15-9-3-1-4-10-15/h1-6,8-10,12-14H,(H,18,19)/b14-8-. The normalized spacial score (nSPS) is 9.68. The highest BCUT2D eigenvalue weighted by atomic mass is 16.1. The number of carbonyl (C=O) groups excluding carboxylic acids is 1. The van der Waals surface area contributed by atoms with Crippen LogP contribution in [-0.2, 0) is 0 Å². The molecule has 0 spiro atoms. The summed E-state index contributed by atoms with van der Waals surface area (Å²) in [6.07, 6.45) is 3.17. The van der Waals surface area contributed by atoms with Gasteiger partial charge in [-0.2, -0.15) is 0 Å². The van der Waals surface area contributed by atoms with Gasteiger partial charge in [0.25, 0.3) is 5.91 Å². The lowest BCUT2D eigenvalue weighted by Gasteiger charge is -1.97. The van der Waals surface area contributed by atoms with Crippen LogP contribution in [0.1, 0.15) is 15.9 Å². The molecule has 0 heterocycles. The Morgan fingerprint density at radius 1 is 0.947 bits per heavy atom. The molecule has 0 aliphatic heterocycles. The second-order valence-electron chi connectivity index (χ2n) is 3.81. The van der Waals surface area contributed by atoms with Crippen LogP contribution in [0.15, 0.2) is 72.9 Å². The van der Waals surface area contributed by atoms with E-state index < -0.39 is 0 Å². The third-order valence-electron chi connectivity index (χ3n) is 2.41. The number of allylic oxidation sites excluding steroid dienone is 1. The number of benzene rings is 2. The molecule has 0 aromatic heterocycles. The number of nitrogens with one attached hydrogen (secondary N) is 1. The third-order valence-corrected chi connectivity index (χ3v) is 2.41. The first-order chi connectivity index (χ1) is 9.36. The molecule has 2 nitrogen and oxygen atoms in total. The SMILES string of the molecule is O=C(N/C=C\C#Cc1ccccc1)c1ccccc1. The Labute approximate surface area is 112 Å². The lowest BCUT2D eigenvalue weighted by molar-refractivity contribution is 0.0970. The van der Waals surface area contributed by atoms with E-state index in [-0.39, 0.29) is 5.91 Å². The van der Waals surface area contributed by atoms with Crippen LogP contribution in [0.3, 0.4) is 0 Å². The summed E-state index contributed by atoms with van der Waals surface area (Å²) in [5.74, 6) is 5.69. The molecule has 0 radical (unpaired) electrons. The Morgan fingerprint density at radius 2 is 1.58 bits per heavy atom. The van der Waals surface area contributed by atoms with Gasteiger partial charge >= 0.3 is 0 Å². The van der Waals surface area contributed by atoms with E-state index in [0.717, 1.165) is 5.56 Å². The number of hydrogen-bond acceptors (Lipinski definition) is 1. The van der Waals surface area contributed by atoms with Gasteiger partial charge in [-0.25, -0.2) is 0 Å². The minimum absolute atomic E-state index is 0.140. The first-order valence-electron chi connectivity index (χ1n) is 5.94. The maximum absolute atomic E-state index is 11.7. The van der Waals surface area contributed by atoms with Gasteiger partial charge in [0.15, 0.2) is 0 Å². The van der Waals surface area contributed by atoms with Gasteiger partial charge in [0.1, 0.15) is 0 Å². The monoisotopic (exact) mass is 247 g/mol. The second kappa shape index (κ2) is 6.83. The van der Waals surface area contributed by atoms with E-state index in [2.05, 4.69) is 17.2 Å². The predicted molar refractivity (Wildman–Crippen MR) is 76.4 cm³/mol. The minimum atomic E-state index is -0.140. The third kappa shape index (κ3) is 4.18. The molecule has 0 atom stereocenters. The number of hydrogen-bond donors (Lipinski definition) is 1. The van der Waals surface area contributed by atoms with Crippen LogP contribution in [0.5, 0.6) is 0 Å². The van der Waals surface area contributed by atoms with Crippen molar-refractivity contribution in [3.05, 3.63) is 84.1 Å². The maximum Gasteiger partial charge on any atom is 0.255 e. The molecule has 0 saturated heterocycles. The summed E-state index contributed by atoms with van der Waals surface area (Å²) >= 11 is 0. The lowest BCUT2D eigenvalue weighted by atomic mass is 10.2. The number of amides is 1. The van der Waals surface area contributed by atoms with E-state index >= 15 is 0 Å². The zero-order chi connectivity index (χ0) is 13.3. The van der Waals surface area contributed by atoms with Crippen molar-refractivity contribution in [2.45, 2.75) is 0 Å². The molecule has 1 amide bonds. The molecule has 0 unspecified atom stereocenters. The van der Waals surface area contributed by atoms with Crippen molar-refractivity contribution in [3.8, 4) is 11.8 Å². The van der Waals surface area contributed by atoms with E-state index in [1.165, 1.54) is 0 Å². The summed E-state index contributed by atoms with van der Waals surface area (Å²) in [4.78, 5) is 11.7. The summed E-state index contributed by atoms with van der Waals surface area (Å²) < 4.78 is 0. The van der Waals surface area contributed by atoms with Crippen LogP contribution in [0, 0.1) is 11.8 Å². The Morgan fingerprint density at radius 3 is 2.26 bits per heavy atom. The summed E-state index contributed by atoms with van der Waals surface area (Å²) in [5.41, 5.74) is 1.57. The van der Waals surface area contributed by atoms with Gasteiger partial charge in [-0.1, -0.05) is 48.2 Å². The van der Waals surface area contributed by atoms with Crippen molar-refractivity contribution in [1.29, 1.82) is 0 Å². The molecule has 0 aliphatic rings. The lowest BCUT2D eigenvalue weighted by Crippen LogP contribution is -2.16. The van der Waals surface area contributed by atoms with Crippen LogP contribution >= 0.6 is 0 Å². The fourth-order valence-electron chi connectivity index (χ4n) is 1.48. The van der Waals surface area contributed by atoms with Crippen molar-refractivity contribution in [1.82, 2.24) is 5.32 Å². The Hall–Kier alpha value is -2.79. The molecule has 2 aromatic rings. The van der Waals surface area contributed by atoms with Gasteiger partial charge in [0, 0.05) is 23.4 Å². The van der Waals surface area contributed by atoms with E-state index in [0.29, 0.717) is 5.56 Å².